The highest BCUT2D eigenvalue weighted by molar-refractivity contribution is 4.87. The van der Waals surface area contributed by atoms with Gasteiger partial charge in [0.2, 0.25) is 0 Å². The minimum atomic E-state index is 0.517. The van der Waals surface area contributed by atoms with Gasteiger partial charge in [-0.2, -0.15) is 0 Å². The van der Waals surface area contributed by atoms with Crippen LogP contribution in [0.15, 0.2) is 0 Å². The van der Waals surface area contributed by atoms with Crippen LogP contribution >= 0.6 is 0 Å². The second-order valence-corrected chi connectivity index (χ2v) is 7.61. The van der Waals surface area contributed by atoms with Crippen LogP contribution in [-0.2, 0) is 0 Å². The second-order valence-electron chi connectivity index (χ2n) is 7.61. The van der Waals surface area contributed by atoms with Gasteiger partial charge in [0.05, 0.1) is 0 Å². The Labute approximate surface area is 127 Å². The Bertz CT molecular complexity index is 242. The predicted molar refractivity (Wildman–Crippen MR) is 90.2 cm³/mol. The van der Waals surface area contributed by atoms with Gasteiger partial charge in [-0.3, -0.25) is 0 Å². The number of nitrogens with one attached hydrogen (secondary N) is 1. The van der Waals surface area contributed by atoms with E-state index in [9.17, 15) is 0 Å². The van der Waals surface area contributed by atoms with Gasteiger partial charge >= 0.3 is 0 Å². The Morgan fingerprint density at radius 1 is 1.05 bits per heavy atom. The van der Waals surface area contributed by atoms with E-state index in [1.807, 2.05) is 0 Å². The average molecular weight is 283 g/mol. The van der Waals surface area contributed by atoms with Crippen LogP contribution in [0.4, 0.5) is 0 Å². The van der Waals surface area contributed by atoms with E-state index in [1.54, 1.807) is 0 Å². The molecule has 0 heterocycles. The van der Waals surface area contributed by atoms with Crippen molar-refractivity contribution in [2.45, 2.75) is 78.7 Å². The Kier molecular flexibility index (Phi) is 8.13. The molecule has 1 aliphatic rings. The molecular weight excluding hydrogens is 244 g/mol. The van der Waals surface area contributed by atoms with Gasteiger partial charge in [0, 0.05) is 19.1 Å². The van der Waals surface area contributed by atoms with Crippen LogP contribution in [0.25, 0.3) is 0 Å². The highest BCUT2D eigenvalue weighted by Crippen LogP contribution is 2.35. The Morgan fingerprint density at radius 3 is 2.15 bits per heavy atom. The van der Waals surface area contributed by atoms with Crippen molar-refractivity contribution in [1.82, 2.24) is 10.2 Å². The van der Waals surface area contributed by atoms with Crippen LogP contribution in [0.3, 0.4) is 0 Å². The molecule has 1 rings (SSSR count). The van der Waals surface area contributed by atoms with E-state index in [-0.39, 0.29) is 0 Å². The first-order valence-corrected chi connectivity index (χ1v) is 8.90. The van der Waals surface area contributed by atoms with Gasteiger partial charge in [-0.15, -0.1) is 0 Å². The minimum Gasteiger partial charge on any atom is -0.316 e. The molecule has 2 nitrogen and oxygen atoms in total. The highest BCUT2D eigenvalue weighted by Gasteiger charge is 2.32. The molecule has 0 radical (unpaired) electrons. The van der Waals surface area contributed by atoms with Gasteiger partial charge in [-0.1, -0.05) is 46.5 Å². The molecule has 1 fully saturated rings. The molecule has 0 bridgehead atoms. The molecule has 0 amide bonds. The van der Waals surface area contributed by atoms with E-state index in [1.165, 1.54) is 58.0 Å². The monoisotopic (exact) mass is 282 g/mol. The van der Waals surface area contributed by atoms with E-state index < -0.39 is 0 Å². The molecule has 0 aromatic heterocycles. The fourth-order valence-electron chi connectivity index (χ4n) is 3.49. The Balaban J connectivity index is 2.62. The van der Waals surface area contributed by atoms with Crippen LogP contribution < -0.4 is 5.32 Å². The van der Waals surface area contributed by atoms with Gasteiger partial charge in [0.25, 0.3) is 0 Å². The van der Waals surface area contributed by atoms with Gasteiger partial charge in [0.1, 0.15) is 0 Å². The zero-order chi connectivity index (χ0) is 15.0. The molecule has 0 aromatic carbocycles. The second kappa shape index (κ2) is 9.04. The standard InChI is InChI=1S/C18H38N2/c1-6-17(4)20(5)15-18(14-19-13-16(2)3)11-9-7-8-10-12-18/h16-17,19H,6-15H2,1-5H3. The van der Waals surface area contributed by atoms with Crippen LogP contribution in [0.2, 0.25) is 0 Å². The maximum Gasteiger partial charge on any atom is 0.00614 e. The van der Waals surface area contributed by atoms with Crippen LogP contribution in [0, 0.1) is 11.3 Å². The van der Waals surface area contributed by atoms with E-state index in [0.717, 1.165) is 12.5 Å². The van der Waals surface area contributed by atoms with Crippen molar-refractivity contribution >= 4 is 0 Å². The highest BCUT2D eigenvalue weighted by atomic mass is 15.1. The molecule has 0 saturated heterocycles. The maximum atomic E-state index is 3.76. The quantitative estimate of drug-likeness (QED) is 0.668. The lowest BCUT2D eigenvalue weighted by molar-refractivity contribution is 0.118. The first-order chi connectivity index (χ1) is 9.49. The lowest BCUT2D eigenvalue weighted by Gasteiger charge is -2.39. The van der Waals surface area contributed by atoms with Crippen molar-refractivity contribution in [3.63, 3.8) is 0 Å². The normalized spacial score (nSPS) is 21.1. The Hall–Kier alpha value is -0.0800. The van der Waals surface area contributed by atoms with E-state index >= 15 is 0 Å². The molecule has 0 aromatic rings. The summed E-state index contributed by atoms with van der Waals surface area (Å²) in [5.74, 6) is 0.755. The molecule has 1 atom stereocenters. The Morgan fingerprint density at radius 2 is 1.65 bits per heavy atom. The summed E-state index contributed by atoms with van der Waals surface area (Å²) >= 11 is 0. The summed E-state index contributed by atoms with van der Waals surface area (Å²) in [4.78, 5) is 2.60. The molecule has 1 unspecified atom stereocenters. The molecule has 0 spiro atoms. The molecule has 1 aliphatic carbocycles. The van der Waals surface area contributed by atoms with Crippen molar-refractivity contribution in [1.29, 1.82) is 0 Å². The summed E-state index contributed by atoms with van der Waals surface area (Å²) in [6.07, 6.45) is 9.83. The van der Waals surface area contributed by atoms with Crippen LogP contribution in [0.1, 0.15) is 72.6 Å². The zero-order valence-electron chi connectivity index (χ0n) is 14.7. The topological polar surface area (TPSA) is 15.3 Å². The van der Waals surface area contributed by atoms with Gasteiger partial charge in [-0.25, -0.2) is 0 Å². The van der Waals surface area contributed by atoms with E-state index in [4.69, 9.17) is 0 Å². The van der Waals surface area contributed by atoms with E-state index in [2.05, 4.69) is 45.0 Å². The van der Waals surface area contributed by atoms with Crippen molar-refractivity contribution in [2.24, 2.45) is 11.3 Å². The summed E-state index contributed by atoms with van der Waals surface area (Å²) in [6.45, 7) is 12.9. The molecular formula is C18H38N2. The lowest BCUT2D eigenvalue weighted by atomic mass is 9.79. The zero-order valence-corrected chi connectivity index (χ0v) is 14.7. The summed E-state index contributed by atoms with van der Waals surface area (Å²) < 4.78 is 0. The number of hydrogen-bond donors (Lipinski definition) is 1. The smallest absolute Gasteiger partial charge is 0.00614 e. The first kappa shape index (κ1) is 18.0. The molecule has 2 heteroatoms. The van der Waals surface area contributed by atoms with Gasteiger partial charge in [0.15, 0.2) is 0 Å². The third kappa shape index (κ3) is 6.13. The minimum absolute atomic E-state index is 0.517. The summed E-state index contributed by atoms with van der Waals surface area (Å²) in [5, 5.41) is 3.76. The molecule has 20 heavy (non-hydrogen) atoms. The SMILES string of the molecule is CCC(C)N(C)CC1(CNCC(C)C)CCCCCC1. The predicted octanol–water partition coefficient (Wildman–Crippen LogP) is 4.30. The third-order valence-corrected chi connectivity index (χ3v) is 5.14. The fourth-order valence-corrected chi connectivity index (χ4v) is 3.49. The van der Waals surface area contributed by atoms with Crippen molar-refractivity contribution in [3.8, 4) is 0 Å². The molecule has 120 valence electrons. The fraction of sp³-hybridized carbons (Fsp3) is 1.00. The third-order valence-electron chi connectivity index (χ3n) is 5.14. The average Bonchev–Trinajstić information content (AvgIpc) is 2.63. The first-order valence-electron chi connectivity index (χ1n) is 8.90. The van der Waals surface area contributed by atoms with E-state index in [0.29, 0.717) is 11.5 Å². The molecule has 1 N–H and O–H groups in total. The van der Waals surface area contributed by atoms with Crippen molar-refractivity contribution in [3.05, 3.63) is 0 Å². The van der Waals surface area contributed by atoms with Gasteiger partial charge < -0.3 is 10.2 Å². The maximum absolute atomic E-state index is 3.76. The summed E-state index contributed by atoms with van der Waals surface area (Å²) in [6, 6.07) is 0.709. The van der Waals surface area contributed by atoms with Crippen LogP contribution in [0.5, 0.6) is 0 Å². The van der Waals surface area contributed by atoms with Crippen LogP contribution in [-0.4, -0.2) is 37.6 Å². The summed E-state index contributed by atoms with van der Waals surface area (Å²) in [5.41, 5.74) is 0.517. The van der Waals surface area contributed by atoms with Crippen molar-refractivity contribution < 1.29 is 0 Å². The number of nitrogens with zero attached hydrogens (tertiary/aromatic N) is 1. The molecule has 0 aliphatic heterocycles. The number of rotatable bonds is 8. The van der Waals surface area contributed by atoms with Gasteiger partial charge in [-0.05, 0) is 51.1 Å². The largest absolute Gasteiger partial charge is 0.316 e. The van der Waals surface area contributed by atoms with Crippen molar-refractivity contribution in [2.75, 3.05) is 26.7 Å². The lowest BCUT2D eigenvalue weighted by Crippen LogP contribution is -2.45. The number of hydrogen-bond acceptors (Lipinski definition) is 2. The molecule has 1 saturated carbocycles. The summed E-state index contributed by atoms with van der Waals surface area (Å²) in [7, 11) is 2.32.